The maximum Gasteiger partial charge on any atom is 0.264 e. The Morgan fingerprint density at radius 3 is 2.57 bits per heavy atom. The van der Waals surface area contributed by atoms with Crippen molar-refractivity contribution in [3.05, 3.63) is 60.9 Å². The summed E-state index contributed by atoms with van der Waals surface area (Å²) in [6, 6.07) is 8.33. The molecular weight excluding hydrogens is 462 g/mol. The third kappa shape index (κ3) is 4.78. The van der Waals surface area contributed by atoms with Gasteiger partial charge in [-0.2, -0.15) is 0 Å². The fraction of sp³-hybridized carbons (Fsp3) is 0.0526. The van der Waals surface area contributed by atoms with Crippen LogP contribution in [0.3, 0.4) is 0 Å². The van der Waals surface area contributed by atoms with Crippen LogP contribution in [-0.4, -0.2) is 17.7 Å². The largest absolute Gasteiger partial charge is 0.478 e. The highest BCUT2D eigenvalue weighted by molar-refractivity contribution is 8.18. The van der Waals surface area contributed by atoms with E-state index in [2.05, 4.69) is 16.2 Å². The van der Waals surface area contributed by atoms with E-state index in [0.29, 0.717) is 37.1 Å². The molecule has 28 heavy (non-hydrogen) atoms. The van der Waals surface area contributed by atoms with E-state index in [1.54, 1.807) is 36.4 Å². The summed E-state index contributed by atoms with van der Waals surface area (Å²) in [5.41, 5.74) is 1.09. The van der Waals surface area contributed by atoms with Crippen LogP contribution in [0.25, 0.3) is 6.08 Å². The third-order valence-corrected chi connectivity index (χ3v) is 5.70. The van der Waals surface area contributed by atoms with Crippen molar-refractivity contribution >= 4 is 81.0 Å². The van der Waals surface area contributed by atoms with Gasteiger partial charge in [0.15, 0.2) is 10.9 Å². The molecule has 1 heterocycles. The summed E-state index contributed by atoms with van der Waals surface area (Å²) in [7, 11) is 0. The normalized spacial score (nSPS) is 16.3. The van der Waals surface area contributed by atoms with Gasteiger partial charge in [0.2, 0.25) is 0 Å². The van der Waals surface area contributed by atoms with Crippen molar-refractivity contribution in [2.75, 3.05) is 6.61 Å². The molecule has 9 heteroatoms. The lowest BCUT2D eigenvalue weighted by atomic mass is 10.2. The first-order valence-corrected chi connectivity index (χ1v) is 10.0. The van der Waals surface area contributed by atoms with E-state index < -0.39 is 0 Å². The first-order valence-electron chi connectivity index (χ1n) is 7.68. The fourth-order valence-corrected chi connectivity index (χ4v) is 4.02. The van der Waals surface area contributed by atoms with Crippen LogP contribution in [-0.2, 0) is 4.79 Å². The Balaban J connectivity index is 1.86. The second-order valence-corrected chi connectivity index (χ2v) is 7.99. The van der Waals surface area contributed by atoms with Crippen molar-refractivity contribution in [2.24, 2.45) is 4.99 Å². The molecule has 0 spiro atoms. The SMILES string of the molecule is C#CCOc1c(Cl)cc(/C=C2/SC(=Nc3cccc(Cl)c3Cl)NC2=O)cc1Cl. The number of hydrogen-bond acceptors (Lipinski definition) is 4. The Labute approximate surface area is 185 Å². The molecule has 142 valence electrons. The predicted molar refractivity (Wildman–Crippen MR) is 118 cm³/mol. The van der Waals surface area contributed by atoms with Crippen molar-refractivity contribution in [2.45, 2.75) is 0 Å². The van der Waals surface area contributed by atoms with Gasteiger partial charge in [-0.25, -0.2) is 4.99 Å². The van der Waals surface area contributed by atoms with Gasteiger partial charge in [-0.3, -0.25) is 4.79 Å². The van der Waals surface area contributed by atoms with Crippen molar-refractivity contribution in [3.63, 3.8) is 0 Å². The number of aliphatic imine (C=N–C) groups is 1. The first kappa shape index (κ1) is 20.9. The molecule has 0 saturated carbocycles. The molecule has 0 bridgehead atoms. The molecule has 0 radical (unpaired) electrons. The number of hydrogen-bond donors (Lipinski definition) is 1. The number of nitrogens with zero attached hydrogens (tertiary/aromatic N) is 1. The zero-order valence-electron chi connectivity index (χ0n) is 13.9. The van der Waals surface area contributed by atoms with E-state index in [-0.39, 0.29) is 22.6 Å². The minimum absolute atomic E-state index is 0.0457. The zero-order valence-corrected chi connectivity index (χ0v) is 17.8. The molecule has 2 aromatic carbocycles. The van der Waals surface area contributed by atoms with Gasteiger partial charge in [-0.1, -0.05) is 58.4 Å². The number of carbonyl (C=O) groups excluding carboxylic acids is 1. The number of thioether (sulfide) groups is 1. The standard InChI is InChI=1S/C19H10Cl4N2O2S/c1-2-6-27-17-12(21)7-10(8-13(17)22)9-15-18(26)25-19(28-15)24-14-5-3-4-11(20)16(14)23/h1,3-5,7-9H,6H2,(H,24,25,26)/b15-9+. The summed E-state index contributed by atoms with van der Waals surface area (Å²) in [6.45, 7) is 0.0457. The smallest absolute Gasteiger partial charge is 0.264 e. The molecular formula is C19H10Cl4N2O2S. The molecule has 1 fully saturated rings. The predicted octanol–water partition coefficient (Wildman–Crippen LogP) is 6.20. The summed E-state index contributed by atoms with van der Waals surface area (Å²) in [4.78, 5) is 17.0. The van der Waals surface area contributed by atoms with Crippen molar-refractivity contribution in [1.29, 1.82) is 0 Å². The summed E-state index contributed by atoms with van der Waals surface area (Å²) >= 11 is 25.7. The van der Waals surface area contributed by atoms with Crippen molar-refractivity contribution in [1.82, 2.24) is 5.32 Å². The summed E-state index contributed by atoms with van der Waals surface area (Å²) < 4.78 is 5.32. The number of amidine groups is 1. The number of terminal acetylenes is 1. The highest BCUT2D eigenvalue weighted by Gasteiger charge is 2.24. The van der Waals surface area contributed by atoms with Gasteiger partial charge in [0.05, 0.1) is 30.7 Å². The molecule has 4 nitrogen and oxygen atoms in total. The number of rotatable bonds is 4. The van der Waals surface area contributed by atoms with E-state index in [0.717, 1.165) is 11.8 Å². The van der Waals surface area contributed by atoms with Crippen LogP contribution >= 0.6 is 58.2 Å². The van der Waals surface area contributed by atoms with Crippen LogP contribution < -0.4 is 10.1 Å². The molecule has 0 atom stereocenters. The lowest BCUT2D eigenvalue weighted by Crippen LogP contribution is -2.19. The van der Waals surface area contributed by atoms with Crippen LogP contribution in [0, 0.1) is 12.3 Å². The van der Waals surface area contributed by atoms with E-state index in [1.165, 1.54) is 0 Å². The third-order valence-electron chi connectivity index (χ3n) is 3.42. The molecule has 1 saturated heterocycles. The number of carbonyl (C=O) groups is 1. The number of benzene rings is 2. The average Bonchev–Trinajstić information content (AvgIpc) is 2.97. The van der Waals surface area contributed by atoms with E-state index in [1.807, 2.05) is 0 Å². The maximum atomic E-state index is 12.3. The second-order valence-electron chi connectivity index (χ2n) is 5.36. The van der Waals surface area contributed by atoms with Crippen molar-refractivity contribution < 1.29 is 9.53 Å². The van der Waals surface area contributed by atoms with Gasteiger partial charge in [-0.05, 0) is 47.7 Å². The lowest BCUT2D eigenvalue weighted by molar-refractivity contribution is -0.115. The molecule has 0 aromatic heterocycles. The molecule has 1 aliphatic heterocycles. The molecule has 1 amide bonds. The Morgan fingerprint density at radius 2 is 1.89 bits per heavy atom. The number of amides is 1. The zero-order chi connectivity index (χ0) is 20.3. The van der Waals surface area contributed by atoms with Gasteiger partial charge in [-0.15, -0.1) is 6.42 Å². The average molecular weight is 472 g/mol. The van der Waals surface area contributed by atoms with Gasteiger partial charge in [0, 0.05) is 0 Å². The highest BCUT2D eigenvalue weighted by atomic mass is 35.5. The van der Waals surface area contributed by atoms with Crippen LogP contribution in [0.15, 0.2) is 40.2 Å². The summed E-state index contributed by atoms with van der Waals surface area (Å²) in [5, 5.41) is 4.33. The van der Waals surface area contributed by atoms with E-state index >= 15 is 0 Å². The molecule has 1 aliphatic rings. The highest BCUT2D eigenvalue weighted by Crippen LogP contribution is 2.37. The molecule has 1 N–H and O–H groups in total. The van der Waals surface area contributed by atoms with Gasteiger partial charge < -0.3 is 10.1 Å². The number of halogens is 4. The van der Waals surface area contributed by atoms with Crippen LogP contribution in [0.4, 0.5) is 5.69 Å². The first-order chi connectivity index (χ1) is 13.4. The Morgan fingerprint density at radius 1 is 1.18 bits per heavy atom. The van der Waals surface area contributed by atoms with Gasteiger partial charge in [0.1, 0.15) is 6.61 Å². The molecule has 3 rings (SSSR count). The topological polar surface area (TPSA) is 50.7 Å². The van der Waals surface area contributed by atoms with E-state index in [4.69, 9.17) is 57.6 Å². The second kappa shape index (κ2) is 9.13. The van der Waals surface area contributed by atoms with Gasteiger partial charge >= 0.3 is 0 Å². The lowest BCUT2D eigenvalue weighted by Gasteiger charge is -2.08. The Kier molecular flexibility index (Phi) is 6.82. The number of ether oxygens (including phenoxy) is 1. The Bertz CT molecular complexity index is 1040. The van der Waals surface area contributed by atoms with Crippen LogP contribution in [0.2, 0.25) is 20.1 Å². The monoisotopic (exact) mass is 470 g/mol. The minimum Gasteiger partial charge on any atom is -0.478 e. The minimum atomic E-state index is -0.304. The Hall–Kier alpha value is -1.81. The van der Waals surface area contributed by atoms with Crippen molar-refractivity contribution in [3.8, 4) is 18.1 Å². The molecule has 2 aromatic rings. The maximum absolute atomic E-state index is 12.3. The quantitative estimate of drug-likeness (QED) is 0.426. The fourth-order valence-electron chi connectivity index (χ4n) is 2.23. The van der Waals surface area contributed by atoms with E-state index in [9.17, 15) is 4.79 Å². The number of nitrogens with one attached hydrogen (secondary N) is 1. The van der Waals surface area contributed by atoms with Crippen LogP contribution in [0.5, 0.6) is 5.75 Å². The van der Waals surface area contributed by atoms with Crippen LogP contribution in [0.1, 0.15) is 5.56 Å². The molecule has 0 aliphatic carbocycles. The summed E-state index contributed by atoms with van der Waals surface area (Å²) in [5.74, 6) is 2.34. The summed E-state index contributed by atoms with van der Waals surface area (Å²) in [6.07, 6.45) is 6.82. The van der Waals surface area contributed by atoms with Gasteiger partial charge in [0.25, 0.3) is 5.91 Å². The molecule has 0 unspecified atom stereocenters.